The molecule has 34 heavy (non-hydrogen) atoms. The molecule has 0 amide bonds. The van der Waals surface area contributed by atoms with Crippen LogP contribution < -0.4 is 24.3 Å². The molecule has 5 heteroatoms. The Kier molecular flexibility index (Phi) is 7.11. The molecule has 5 nitrogen and oxygen atoms in total. The van der Waals surface area contributed by atoms with E-state index in [1.807, 2.05) is 18.2 Å². The summed E-state index contributed by atoms with van der Waals surface area (Å²) in [6.07, 6.45) is 0. The minimum absolute atomic E-state index is 0.772. The Hall–Kier alpha value is -3.47. The topological polar surface area (TPSA) is 37.9 Å². The van der Waals surface area contributed by atoms with Crippen molar-refractivity contribution in [2.45, 2.75) is 27.7 Å². The van der Waals surface area contributed by atoms with Gasteiger partial charge in [0.2, 0.25) is 5.36 Å². The van der Waals surface area contributed by atoms with Crippen LogP contribution in [-0.2, 0) is 0 Å². The van der Waals surface area contributed by atoms with Crippen molar-refractivity contribution in [2.24, 2.45) is 0 Å². The second-order valence-corrected chi connectivity index (χ2v) is 8.22. The minimum atomic E-state index is 0.772. The molecule has 0 saturated carbocycles. The highest BCUT2D eigenvalue weighted by Crippen LogP contribution is 2.47. The number of benzene rings is 3. The molecule has 0 saturated heterocycles. The van der Waals surface area contributed by atoms with E-state index < -0.39 is 0 Å². The number of hydrogen-bond donors (Lipinski definition) is 0. The molecular weight excluding hydrogens is 424 g/mol. The number of hydrogen-bond acceptors (Lipinski definition) is 4. The van der Waals surface area contributed by atoms with Gasteiger partial charge in [-0.2, -0.15) is 0 Å². The Morgan fingerprint density at radius 1 is 0.794 bits per heavy atom. The summed E-state index contributed by atoms with van der Waals surface area (Å²) >= 11 is 0. The van der Waals surface area contributed by atoms with E-state index in [9.17, 15) is 0 Å². The molecule has 0 radical (unpaired) electrons. The van der Waals surface area contributed by atoms with Gasteiger partial charge in [0, 0.05) is 47.4 Å². The Morgan fingerprint density at radius 3 is 2.06 bits per heavy atom. The maximum atomic E-state index is 6.58. The Balaban J connectivity index is 2.16. The van der Waals surface area contributed by atoms with Crippen molar-refractivity contribution >= 4 is 16.7 Å². The van der Waals surface area contributed by atoms with Gasteiger partial charge in [-0.3, -0.25) is 0 Å². The summed E-state index contributed by atoms with van der Waals surface area (Å²) in [4.78, 5) is 2.33. The normalized spacial score (nSPS) is 11.1. The number of methoxy groups -OCH3 is 2. The van der Waals surface area contributed by atoms with E-state index >= 15 is 0 Å². The smallest absolute Gasteiger partial charge is 0.203 e. The first-order valence-electron chi connectivity index (χ1n) is 12.1. The zero-order chi connectivity index (χ0) is 24.2. The largest absolute Gasteiger partial charge is 0.496 e. The lowest BCUT2D eigenvalue weighted by molar-refractivity contribution is 0.397. The molecule has 0 unspecified atom stereocenters. The molecule has 4 rings (SSSR count). The number of rotatable bonds is 8. The summed E-state index contributed by atoms with van der Waals surface area (Å²) in [5.74, 6) is 2.39. The summed E-state index contributed by atoms with van der Waals surface area (Å²) in [5.41, 5.74) is 5.02. The molecule has 0 bridgehead atoms. The maximum Gasteiger partial charge on any atom is 0.203 e. The van der Waals surface area contributed by atoms with E-state index in [-0.39, 0.29) is 0 Å². The maximum absolute atomic E-state index is 6.58. The summed E-state index contributed by atoms with van der Waals surface area (Å²) in [6.45, 7) is 12.5. The Bertz CT molecular complexity index is 1310. The highest BCUT2D eigenvalue weighted by molar-refractivity contribution is 6.05. The van der Waals surface area contributed by atoms with Crippen LogP contribution in [0.25, 0.3) is 33.4 Å². The highest BCUT2D eigenvalue weighted by Gasteiger charge is 2.24. The standard InChI is InChI=1S/C29H35N2O3/c1-7-30(8-2)20-14-16-22-26(18-20)34-27-19-21(31(9-3)10-4)15-17-23(27)28(22)29-24(32-5)12-11-13-25(29)33-6/h11-19H,7-10H2,1-6H3/q+1. The lowest BCUT2D eigenvalue weighted by Gasteiger charge is -2.23. The second-order valence-electron chi connectivity index (χ2n) is 8.22. The number of nitrogens with zero attached hydrogens (tertiary/aromatic N) is 2. The molecule has 1 aliphatic heterocycles. The average molecular weight is 460 g/mol. The van der Waals surface area contributed by atoms with Gasteiger partial charge in [0.05, 0.1) is 25.8 Å². The summed E-state index contributed by atoms with van der Waals surface area (Å²) in [5, 5.41) is 2.18. The average Bonchev–Trinajstić information content (AvgIpc) is 2.88. The van der Waals surface area contributed by atoms with Crippen molar-refractivity contribution in [3.8, 4) is 33.9 Å². The third kappa shape index (κ3) is 4.11. The van der Waals surface area contributed by atoms with E-state index in [2.05, 4.69) is 73.6 Å². The predicted octanol–water partition coefficient (Wildman–Crippen LogP) is 5.88. The Morgan fingerprint density at radius 2 is 1.47 bits per heavy atom. The first-order chi connectivity index (χ1) is 16.6. The van der Waals surface area contributed by atoms with Gasteiger partial charge in [-0.25, -0.2) is 4.58 Å². The lowest BCUT2D eigenvalue weighted by Crippen LogP contribution is -2.29. The molecule has 178 valence electrons. The molecule has 0 spiro atoms. The number of fused-ring (bicyclic) bond motifs is 2. The minimum Gasteiger partial charge on any atom is -0.496 e. The van der Waals surface area contributed by atoms with Crippen molar-refractivity contribution in [3.63, 3.8) is 0 Å². The van der Waals surface area contributed by atoms with Crippen molar-refractivity contribution in [2.75, 3.05) is 45.3 Å². The fourth-order valence-corrected chi connectivity index (χ4v) is 4.81. The van der Waals surface area contributed by atoms with Crippen LogP contribution in [0.5, 0.6) is 11.5 Å². The second kappa shape index (κ2) is 10.2. The van der Waals surface area contributed by atoms with Crippen LogP contribution in [0.2, 0.25) is 0 Å². The molecule has 1 heterocycles. The first-order valence-corrected chi connectivity index (χ1v) is 12.1. The summed E-state index contributed by atoms with van der Waals surface area (Å²) < 4.78 is 20.5. The van der Waals surface area contributed by atoms with E-state index in [0.717, 1.165) is 82.1 Å². The zero-order valence-corrected chi connectivity index (χ0v) is 21.1. The van der Waals surface area contributed by atoms with E-state index in [1.54, 1.807) is 14.2 Å². The fourth-order valence-electron chi connectivity index (χ4n) is 4.81. The number of ether oxygens (including phenoxy) is 2. The van der Waals surface area contributed by atoms with Crippen LogP contribution in [0.15, 0.2) is 59.0 Å². The molecule has 2 aromatic rings. The Labute approximate surface area is 202 Å². The summed E-state index contributed by atoms with van der Waals surface area (Å²) in [7, 11) is 3.40. The fraction of sp³-hybridized carbons (Fsp3) is 0.345. The first kappa shape index (κ1) is 23.7. The predicted molar refractivity (Wildman–Crippen MR) is 141 cm³/mol. The van der Waals surface area contributed by atoms with Gasteiger partial charge in [-0.05, 0) is 58.0 Å². The molecule has 0 fully saturated rings. The van der Waals surface area contributed by atoms with E-state index in [1.165, 1.54) is 0 Å². The SMILES string of the molecule is CCN(CC)c1ccc2c(-c3c(OC)cccc3OC)c3ccc(=[N+](CC)CC)cc-3oc2c1. The number of anilines is 1. The van der Waals surface area contributed by atoms with Crippen molar-refractivity contribution in [1.29, 1.82) is 0 Å². The van der Waals surface area contributed by atoms with Gasteiger partial charge in [0.25, 0.3) is 0 Å². The van der Waals surface area contributed by atoms with Crippen LogP contribution in [0, 0.1) is 0 Å². The van der Waals surface area contributed by atoms with Crippen LogP contribution in [0.3, 0.4) is 0 Å². The van der Waals surface area contributed by atoms with Gasteiger partial charge < -0.3 is 18.8 Å². The lowest BCUT2D eigenvalue weighted by atomic mass is 9.92. The molecular formula is C29H35N2O3+. The highest BCUT2D eigenvalue weighted by atomic mass is 16.5. The van der Waals surface area contributed by atoms with Crippen molar-refractivity contribution in [3.05, 3.63) is 60.0 Å². The van der Waals surface area contributed by atoms with Gasteiger partial charge in [-0.15, -0.1) is 0 Å². The van der Waals surface area contributed by atoms with Crippen molar-refractivity contribution in [1.82, 2.24) is 4.58 Å². The van der Waals surface area contributed by atoms with E-state index in [0.29, 0.717) is 0 Å². The molecule has 0 N–H and O–H groups in total. The molecule has 1 aliphatic carbocycles. The molecule has 2 aliphatic rings. The van der Waals surface area contributed by atoms with Gasteiger partial charge in [0.1, 0.15) is 35.9 Å². The third-order valence-electron chi connectivity index (χ3n) is 6.62. The van der Waals surface area contributed by atoms with Gasteiger partial charge >= 0.3 is 0 Å². The quantitative estimate of drug-likeness (QED) is 0.244. The van der Waals surface area contributed by atoms with Crippen LogP contribution >= 0.6 is 0 Å². The third-order valence-corrected chi connectivity index (χ3v) is 6.62. The zero-order valence-electron chi connectivity index (χ0n) is 21.1. The monoisotopic (exact) mass is 459 g/mol. The summed E-state index contributed by atoms with van der Waals surface area (Å²) in [6, 6.07) is 18.9. The van der Waals surface area contributed by atoms with Crippen molar-refractivity contribution < 1.29 is 13.9 Å². The van der Waals surface area contributed by atoms with Crippen LogP contribution in [0.4, 0.5) is 5.69 Å². The molecule has 2 aromatic carbocycles. The van der Waals surface area contributed by atoms with E-state index in [4.69, 9.17) is 13.9 Å². The molecule has 0 atom stereocenters. The van der Waals surface area contributed by atoms with Crippen LogP contribution in [-0.4, -0.2) is 40.4 Å². The van der Waals surface area contributed by atoms with Gasteiger partial charge in [0.15, 0.2) is 0 Å². The van der Waals surface area contributed by atoms with Gasteiger partial charge in [-0.1, -0.05) is 6.07 Å². The molecule has 0 aromatic heterocycles. The van der Waals surface area contributed by atoms with Crippen LogP contribution in [0.1, 0.15) is 27.7 Å².